The standard InChI is InChI=1S/C23H45N3O2Si2/c1-17-15-26(19-12-13-25-14-18(19)24)16-20(27-29(8,9)22(2,3)4)21(17)28-30(10,11)23(5,6)7/h12-14,17,20-21H,15-16,24H2,1-11H3/t17-,20+,21+/m0/s1. The van der Waals surface area contributed by atoms with Crippen molar-refractivity contribution in [1.29, 1.82) is 0 Å². The van der Waals surface area contributed by atoms with E-state index < -0.39 is 16.6 Å². The Morgan fingerprint density at radius 2 is 1.50 bits per heavy atom. The van der Waals surface area contributed by atoms with Crippen molar-refractivity contribution in [3.63, 3.8) is 0 Å². The number of nitrogen functional groups attached to an aromatic ring is 1. The van der Waals surface area contributed by atoms with E-state index in [0.717, 1.165) is 24.5 Å². The highest BCUT2D eigenvalue weighted by atomic mass is 28.4. The van der Waals surface area contributed by atoms with Gasteiger partial charge in [0.25, 0.3) is 0 Å². The first-order chi connectivity index (χ1) is 13.5. The summed E-state index contributed by atoms with van der Waals surface area (Å²) < 4.78 is 14.0. The predicted molar refractivity (Wildman–Crippen MR) is 134 cm³/mol. The lowest BCUT2D eigenvalue weighted by Crippen LogP contribution is -2.61. The summed E-state index contributed by atoms with van der Waals surface area (Å²) in [6.07, 6.45) is 3.68. The number of hydrogen-bond acceptors (Lipinski definition) is 5. The smallest absolute Gasteiger partial charge is 0.192 e. The first-order valence-electron chi connectivity index (χ1n) is 11.3. The molecule has 1 aromatic heterocycles. The van der Waals surface area contributed by atoms with Crippen molar-refractivity contribution < 1.29 is 8.85 Å². The van der Waals surface area contributed by atoms with E-state index in [1.54, 1.807) is 6.20 Å². The van der Waals surface area contributed by atoms with Crippen molar-refractivity contribution in [2.24, 2.45) is 5.92 Å². The van der Waals surface area contributed by atoms with Crippen molar-refractivity contribution in [2.75, 3.05) is 23.7 Å². The van der Waals surface area contributed by atoms with Crippen LogP contribution in [0.5, 0.6) is 0 Å². The number of nitrogens with zero attached hydrogens (tertiary/aromatic N) is 2. The number of anilines is 2. The van der Waals surface area contributed by atoms with Crippen molar-refractivity contribution >= 4 is 28.0 Å². The molecule has 2 rings (SSSR count). The fourth-order valence-electron chi connectivity index (χ4n) is 3.47. The Balaban J connectivity index is 2.39. The van der Waals surface area contributed by atoms with E-state index in [-0.39, 0.29) is 22.3 Å². The molecule has 1 saturated heterocycles. The zero-order valence-corrected chi connectivity index (χ0v) is 23.2. The summed E-state index contributed by atoms with van der Waals surface area (Å²) in [6, 6.07) is 2.01. The minimum atomic E-state index is -1.96. The Kier molecular flexibility index (Phi) is 7.24. The molecule has 3 atom stereocenters. The first kappa shape index (κ1) is 25.4. The van der Waals surface area contributed by atoms with Crippen LogP contribution in [-0.4, -0.2) is 46.9 Å². The summed E-state index contributed by atoms with van der Waals surface area (Å²) in [6.45, 7) is 27.2. The molecular weight excluding hydrogens is 406 g/mol. The van der Waals surface area contributed by atoms with Gasteiger partial charge < -0.3 is 19.5 Å². The summed E-state index contributed by atoms with van der Waals surface area (Å²) in [5, 5.41) is 0.316. The Morgan fingerprint density at radius 1 is 0.967 bits per heavy atom. The van der Waals surface area contributed by atoms with E-state index in [1.165, 1.54) is 0 Å². The second-order valence-corrected chi connectivity index (χ2v) is 21.6. The van der Waals surface area contributed by atoms with Crippen LogP contribution in [0.15, 0.2) is 18.5 Å². The molecule has 0 aliphatic carbocycles. The van der Waals surface area contributed by atoms with E-state index >= 15 is 0 Å². The van der Waals surface area contributed by atoms with Crippen molar-refractivity contribution in [3.8, 4) is 0 Å². The molecule has 7 heteroatoms. The van der Waals surface area contributed by atoms with Crippen LogP contribution in [0.2, 0.25) is 36.3 Å². The average Bonchev–Trinajstić information content (AvgIpc) is 2.55. The molecule has 0 spiro atoms. The highest BCUT2D eigenvalue weighted by Gasteiger charge is 2.48. The third-order valence-corrected chi connectivity index (χ3v) is 16.5. The number of piperidine rings is 1. The van der Waals surface area contributed by atoms with E-state index in [4.69, 9.17) is 14.6 Å². The highest BCUT2D eigenvalue weighted by molar-refractivity contribution is 6.74. The third-order valence-electron chi connectivity index (χ3n) is 7.49. The maximum absolute atomic E-state index is 7.01. The molecular formula is C23H45N3O2Si2. The van der Waals surface area contributed by atoms with Gasteiger partial charge in [0.1, 0.15) is 0 Å². The molecule has 0 saturated carbocycles. The lowest BCUT2D eigenvalue weighted by atomic mass is 9.94. The average molecular weight is 452 g/mol. The minimum Gasteiger partial charge on any atom is -0.411 e. The molecule has 5 nitrogen and oxygen atoms in total. The van der Waals surface area contributed by atoms with Gasteiger partial charge in [-0.05, 0) is 42.3 Å². The number of hydrogen-bond donors (Lipinski definition) is 1. The number of rotatable bonds is 5. The van der Waals surface area contributed by atoms with E-state index in [0.29, 0.717) is 5.92 Å². The van der Waals surface area contributed by atoms with Crippen LogP contribution in [0.1, 0.15) is 48.5 Å². The molecule has 0 amide bonds. The van der Waals surface area contributed by atoms with Crippen LogP contribution in [0.4, 0.5) is 11.4 Å². The molecule has 0 bridgehead atoms. The van der Waals surface area contributed by atoms with Crippen molar-refractivity contribution in [1.82, 2.24) is 4.98 Å². The summed E-state index contributed by atoms with van der Waals surface area (Å²) >= 11 is 0. The van der Waals surface area contributed by atoms with Crippen LogP contribution < -0.4 is 10.6 Å². The second kappa shape index (κ2) is 8.56. The topological polar surface area (TPSA) is 60.6 Å². The zero-order chi connectivity index (χ0) is 23.1. The summed E-state index contributed by atoms with van der Waals surface area (Å²) in [4.78, 5) is 6.53. The van der Waals surface area contributed by atoms with E-state index in [2.05, 4.69) is 84.5 Å². The van der Waals surface area contributed by atoms with Gasteiger partial charge in [0, 0.05) is 25.2 Å². The van der Waals surface area contributed by atoms with Crippen LogP contribution in [0, 0.1) is 5.92 Å². The van der Waals surface area contributed by atoms with Gasteiger partial charge in [-0.3, -0.25) is 4.98 Å². The molecule has 0 aromatic carbocycles. The van der Waals surface area contributed by atoms with Gasteiger partial charge >= 0.3 is 0 Å². The zero-order valence-electron chi connectivity index (χ0n) is 21.2. The molecule has 0 unspecified atom stereocenters. The molecule has 2 heterocycles. The van der Waals surface area contributed by atoms with Crippen LogP contribution in [-0.2, 0) is 8.85 Å². The fourth-order valence-corrected chi connectivity index (χ4v) is 6.20. The van der Waals surface area contributed by atoms with Gasteiger partial charge in [-0.2, -0.15) is 0 Å². The minimum absolute atomic E-state index is 0.0244. The number of pyridine rings is 1. The molecule has 30 heavy (non-hydrogen) atoms. The lowest BCUT2D eigenvalue weighted by molar-refractivity contribution is -0.00594. The summed E-state index contributed by atoms with van der Waals surface area (Å²) in [5.41, 5.74) is 8.04. The van der Waals surface area contributed by atoms with Gasteiger partial charge in [0.15, 0.2) is 16.6 Å². The Hall–Kier alpha value is -0.896. The maximum atomic E-state index is 7.01. The second-order valence-electron chi connectivity index (χ2n) is 12.1. The maximum Gasteiger partial charge on any atom is 0.192 e. The van der Waals surface area contributed by atoms with Crippen LogP contribution in [0.3, 0.4) is 0 Å². The van der Waals surface area contributed by atoms with Gasteiger partial charge in [-0.15, -0.1) is 0 Å². The lowest BCUT2D eigenvalue weighted by Gasteiger charge is -2.51. The SMILES string of the molecule is C[C@H]1CN(c2ccncc2N)C[C@@H](O[Si](C)(C)C(C)(C)C)[C@@H]1O[Si](C)(C)C(C)(C)C. The molecule has 1 aliphatic heterocycles. The normalized spacial score (nSPS) is 24.2. The molecule has 172 valence electrons. The van der Waals surface area contributed by atoms with Crippen molar-refractivity contribution in [3.05, 3.63) is 18.5 Å². The van der Waals surface area contributed by atoms with Crippen LogP contribution in [0.25, 0.3) is 0 Å². The number of aromatic nitrogens is 1. The van der Waals surface area contributed by atoms with E-state index in [1.807, 2.05) is 12.3 Å². The van der Waals surface area contributed by atoms with E-state index in [9.17, 15) is 0 Å². The molecule has 1 fully saturated rings. The van der Waals surface area contributed by atoms with Crippen molar-refractivity contribution in [2.45, 2.75) is 96.9 Å². The Labute approximate surface area is 187 Å². The largest absolute Gasteiger partial charge is 0.411 e. The van der Waals surface area contributed by atoms with Crippen LogP contribution >= 0.6 is 0 Å². The van der Waals surface area contributed by atoms with Gasteiger partial charge in [0.05, 0.1) is 29.8 Å². The Bertz CT molecular complexity index is 726. The molecule has 0 radical (unpaired) electrons. The summed E-state index contributed by atoms with van der Waals surface area (Å²) in [7, 11) is -3.89. The van der Waals surface area contributed by atoms with Gasteiger partial charge in [0.2, 0.25) is 0 Å². The molecule has 1 aromatic rings. The summed E-state index contributed by atoms with van der Waals surface area (Å²) in [5.74, 6) is 0.343. The quantitative estimate of drug-likeness (QED) is 0.565. The van der Waals surface area contributed by atoms with Gasteiger partial charge in [-0.1, -0.05) is 48.5 Å². The fraction of sp³-hybridized carbons (Fsp3) is 0.783. The first-order valence-corrected chi connectivity index (χ1v) is 17.1. The number of nitrogens with two attached hydrogens (primary N) is 1. The third kappa shape index (κ3) is 5.47. The molecule has 2 N–H and O–H groups in total. The predicted octanol–water partition coefficient (Wildman–Crippen LogP) is 5.90. The highest BCUT2D eigenvalue weighted by Crippen LogP contribution is 2.43. The molecule has 1 aliphatic rings. The van der Waals surface area contributed by atoms with Gasteiger partial charge in [-0.25, -0.2) is 0 Å². The monoisotopic (exact) mass is 451 g/mol. The Morgan fingerprint density at radius 3 is 2.00 bits per heavy atom.